The lowest BCUT2D eigenvalue weighted by Crippen LogP contribution is -2.11. The van der Waals surface area contributed by atoms with Crippen LogP contribution in [0.25, 0.3) is 0 Å². The first-order valence-electron chi connectivity index (χ1n) is 4.50. The van der Waals surface area contributed by atoms with Crippen LogP contribution in [-0.2, 0) is 6.42 Å². The minimum atomic E-state index is -0.730. The largest absolute Gasteiger partial charge is 0.504 e. The molecular formula is C10H13ClFNO2. The van der Waals surface area contributed by atoms with Crippen LogP contribution < -0.4 is 10.1 Å². The van der Waals surface area contributed by atoms with E-state index in [-0.39, 0.29) is 5.02 Å². The van der Waals surface area contributed by atoms with Gasteiger partial charge in [0.15, 0.2) is 11.6 Å². The highest BCUT2D eigenvalue weighted by molar-refractivity contribution is 6.33. The summed E-state index contributed by atoms with van der Waals surface area (Å²) in [4.78, 5) is 0. The number of rotatable bonds is 4. The smallest absolute Gasteiger partial charge is 0.174 e. The van der Waals surface area contributed by atoms with Gasteiger partial charge in [0.25, 0.3) is 0 Å². The lowest BCUT2D eigenvalue weighted by Gasteiger charge is -2.11. The molecule has 0 saturated carbocycles. The van der Waals surface area contributed by atoms with Crippen molar-refractivity contribution >= 4 is 11.6 Å². The van der Waals surface area contributed by atoms with Gasteiger partial charge in [0, 0.05) is 5.56 Å². The van der Waals surface area contributed by atoms with Gasteiger partial charge in [-0.05, 0) is 26.1 Å². The zero-order chi connectivity index (χ0) is 11.4. The number of phenolic OH excluding ortho intramolecular Hbond substituents is 1. The summed E-state index contributed by atoms with van der Waals surface area (Å²) in [5.74, 6) is -0.973. The van der Waals surface area contributed by atoms with Crippen molar-refractivity contribution in [3.8, 4) is 11.5 Å². The van der Waals surface area contributed by atoms with E-state index >= 15 is 0 Å². The molecule has 0 spiro atoms. The predicted molar refractivity (Wildman–Crippen MR) is 57.3 cm³/mol. The maximum absolute atomic E-state index is 13.2. The van der Waals surface area contributed by atoms with Crippen molar-refractivity contribution in [1.82, 2.24) is 5.32 Å². The number of hydrogen-bond acceptors (Lipinski definition) is 3. The van der Waals surface area contributed by atoms with E-state index in [1.807, 2.05) is 0 Å². The monoisotopic (exact) mass is 233 g/mol. The number of methoxy groups -OCH3 is 1. The van der Waals surface area contributed by atoms with Crippen molar-refractivity contribution < 1.29 is 14.2 Å². The van der Waals surface area contributed by atoms with E-state index in [0.29, 0.717) is 24.3 Å². The van der Waals surface area contributed by atoms with Crippen molar-refractivity contribution in [2.24, 2.45) is 0 Å². The maximum atomic E-state index is 13.2. The van der Waals surface area contributed by atoms with E-state index in [9.17, 15) is 9.50 Å². The van der Waals surface area contributed by atoms with Crippen LogP contribution in [0.15, 0.2) is 6.07 Å². The third kappa shape index (κ3) is 2.52. The van der Waals surface area contributed by atoms with Gasteiger partial charge in [-0.3, -0.25) is 0 Å². The van der Waals surface area contributed by atoms with Gasteiger partial charge < -0.3 is 15.2 Å². The Bertz CT molecular complexity index is 358. The van der Waals surface area contributed by atoms with Crippen molar-refractivity contribution in [2.45, 2.75) is 6.42 Å². The second-order valence-corrected chi connectivity index (χ2v) is 3.44. The van der Waals surface area contributed by atoms with Gasteiger partial charge in [-0.25, -0.2) is 4.39 Å². The highest BCUT2D eigenvalue weighted by Gasteiger charge is 2.16. The quantitative estimate of drug-likeness (QED) is 0.835. The van der Waals surface area contributed by atoms with Gasteiger partial charge in [-0.1, -0.05) is 11.6 Å². The van der Waals surface area contributed by atoms with Crippen LogP contribution in [0.4, 0.5) is 4.39 Å². The summed E-state index contributed by atoms with van der Waals surface area (Å²) in [5.41, 5.74) is 0.632. The minimum Gasteiger partial charge on any atom is -0.504 e. The molecule has 5 heteroatoms. The highest BCUT2D eigenvalue weighted by atomic mass is 35.5. The van der Waals surface area contributed by atoms with Crippen LogP contribution >= 0.6 is 11.6 Å². The first kappa shape index (κ1) is 12.1. The summed E-state index contributed by atoms with van der Waals surface area (Å²) >= 11 is 5.75. The van der Waals surface area contributed by atoms with Crippen LogP contribution in [0.3, 0.4) is 0 Å². The van der Waals surface area contributed by atoms with Gasteiger partial charge in [-0.15, -0.1) is 0 Å². The Hall–Kier alpha value is -1.00. The third-order valence-electron chi connectivity index (χ3n) is 2.07. The molecule has 0 fully saturated rings. The third-order valence-corrected chi connectivity index (χ3v) is 2.43. The normalized spacial score (nSPS) is 10.4. The molecule has 2 N–H and O–H groups in total. The molecule has 0 saturated heterocycles. The Morgan fingerprint density at radius 3 is 2.80 bits per heavy atom. The Kier molecular flexibility index (Phi) is 4.17. The number of aromatic hydroxyl groups is 1. The van der Waals surface area contributed by atoms with E-state index in [2.05, 4.69) is 5.32 Å². The van der Waals surface area contributed by atoms with E-state index in [1.54, 1.807) is 7.05 Å². The van der Waals surface area contributed by atoms with Gasteiger partial charge in [-0.2, -0.15) is 0 Å². The molecule has 84 valence electrons. The Morgan fingerprint density at radius 1 is 1.60 bits per heavy atom. The van der Waals surface area contributed by atoms with Crippen LogP contribution in [-0.4, -0.2) is 25.8 Å². The molecule has 0 unspecified atom stereocenters. The first-order chi connectivity index (χ1) is 7.11. The zero-order valence-electron chi connectivity index (χ0n) is 8.60. The molecule has 1 aromatic carbocycles. The van der Waals surface area contributed by atoms with Crippen molar-refractivity contribution in [3.05, 3.63) is 22.5 Å². The Balaban J connectivity index is 3.13. The molecule has 0 aromatic heterocycles. The van der Waals surface area contributed by atoms with E-state index in [0.717, 1.165) is 0 Å². The van der Waals surface area contributed by atoms with Crippen LogP contribution in [0, 0.1) is 5.82 Å². The zero-order valence-corrected chi connectivity index (χ0v) is 9.36. The lowest BCUT2D eigenvalue weighted by molar-refractivity contribution is 0.392. The van der Waals surface area contributed by atoms with E-state index in [1.165, 1.54) is 13.2 Å². The van der Waals surface area contributed by atoms with Gasteiger partial charge in [0.2, 0.25) is 0 Å². The molecular weight excluding hydrogens is 221 g/mol. The summed E-state index contributed by atoms with van der Waals surface area (Å²) in [6.45, 7) is 0.677. The molecule has 0 heterocycles. The summed E-state index contributed by atoms with van der Waals surface area (Å²) in [7, 11) is 3.23. The van der Waals surface area contributed by atoms with Crippen LogP contribution in [0.2, 0.25) is 5.02 Å². The lowest BCUT2D eigenvalue weighted by atomic mass is 10.1. The first-order valence-corrected chi connectivity index (χ1v) is 4.88. The number of ether oxygens (including phenoxy) is 1. The predicted octanol–water partition coefficient (Wildman–Crippen LogP) is 1.96. The molecule has 15 heavy (non-hydrogen) atoms. The Labute approximate surface area is 92.8 Å². The SMILES string of the molecule is CNCCc1cc(F)c(O)c(Cl)c1OC. The number of likely N-dealkylation sites (N-methyl/N-ethyl adjacent to an activating group) is 1. The number of hydrogen-bond donors (Lipinski definition) is 2. The topological polar surface area (TPSA) is 41.5 Å². The van der Waals surface area contributed by atoms with E-state index in [4.69, 9.17) is 16.3 Å². The van der Waals surface area contributed by atoms with Crippen LogP contribution in [0.5, 0.6) is 11.5 Å². The maximum Gasteiger partial charge on any atom is 0.174 e. The number of halogens is 2. The number of nitrogens with one attached hydrogen (secondary N) is 1. The summed E-state index contributed by atoms with van der Waals surface area (Å²) in [6, 6.07) is 1.23. The van der Waals surface area contributed by atoms with Crippen molar-refractivity contribution in [2.75, 3.05) is 20.7 Å². The Morgan fingerprint density at radius 2 is 2.27 bits per heavy atom. The van der Waals surface area contributed by atoms with Gasteiger partial charge >= 0.3 is 0 Å². The molecule has 1 rings (SSSR count). The van der Waals surface area contributed by atoms with Crippen LogP contribution in [0.1, 0.15) is 5.56 Å². The molecule has 0 atom stereocenters. The second-order valence-electron chi connectivity index (χ2n) is 3.07. The van der Waals surface area contributed by atoms with Gasteiger partial charge in [0.05, 0.1) is 7.11 Å². The molecule has 0 aliphatic carbocycles. The molecule has 0 aliphatic heterocycles. The second kappa shape index (κ2) is 5.19. The fourth-order valence-corrected chi connectivity index (χ4v) is 1.60. The molecule has 0 aliphatic rings. The molecule has 3 nitrogen and oxygen atoms in total. The fraction of sp³-hybridized carbons (Fsp3) is 0.400. The van der Waals surface area contributed by atoms with Gasteiger partial charge in [0.1, 0.15) is 10.8 Å². The standard InChI is InChI=1S/C10H13ClFNO2/c1-13-4-3-6-5-7(12)9(14)8(11)10(6)15-2/h5,13-14H,3-4H2,1-2H3. The average molecular weight is 234 g/mol. The number of phenols is 1. The molecule has 0 amide bonds. The fourth-order valence-electron chi connectivity index (χ4n) is 1.31. The minimum absolute atomic E-state index is 0.0800. The summed E-state index contributed by atoms with van der Waals surface area (Å²) in [5, 5.41) is 12.1. The average Bonchev–Trinajstić information content (AvgIpc) is 2.23. The molecule has 1 aromatic rings. The summed E-state index contributed by atoms with van der Waals surface area (Å²) < 4.78 is 18.2. The summed E-state index contributed by atoms with van der Waals surface area (Å²) in [6.07, 6.45) is 0.580. The van der Waals surface area contributed by atoms with E-state index < -0.39 is 11.6 Å². The van der Waals surface area contributed by atoms with Crippen molar-refractivity contribution in [1.29, 1.82) is 0 Å². The van der Waals surface area contributed by atoms with Crippen molar-refractivity contribution in [3.63, 3.8) is 0 Å². The number of benzene rings is 1. The molecule has 0 radical (unpaired) electrons. The highest BCUT2D eigenvalue weighted by Crippen LogP contribution is 2.38. The molecule has 0 bridgehead atoms.